The summed E-state index contributed by atoms with van der Waals surface area (Å²) in [6.45, 7) is 2.49. The largest absolute Gasteiger partial charge is 0.497 e. The molecule has 1 aromatic heterocycles. The standard InChI is InChI=1S/C24H27N5O4/c1-31-18-6-4-17(5-7-18)20-10-11-23(27-26-20)28-12-14-29(15-13-28)24(30)25-21-9-8-19(32-2)16-22(21)33-3/h4-11,16H,12-15H2,1-3H3,(H,25,30). The van der Waals surface area contributed by atoms with Gasteiger partial charge in [-0.15, -0.1) is 10.2 Å². The maximum absolute atomic E-state index is 12.8. The Morgan fingerprint density at radius 1 is 0.818 bits per heavy atom. The molecule has 0 bridgehead atoms. The molecule has 2 aromatic carbocycles. The number of nitrogens with zero attached hydrogens (tertiary/aromatic N) is 4. The number of hydrogen-bond donors (Lipinski definition) is 1. The number of carbonyl (C=O) groups is 1. The zero-order valence-corrected chi connectivity index (χ0v) is 18.9. The third-order valence-electron chi connectivity index (χ3n) is 5.58. The SMILES string of the molecule is COc1ccc(-c2ccc(N3CCN(C(=O)Nc4ccc(OC)cc4OC)CC3)nn2)cc1. The Bertz CT molecular complexity index is 1080. The monoisotopic (exact) mass is 449 g/mol. The number of urea groups is 1. The molecule has 0 atom stereocenters. The lowest BCUT2D eigenvalue weighted by Gasteiger charge is -2.35. The minimum atomic E-state index is -0.168. The Morgan fingerprint density at radius 3 is 2.12 bits per heavy atom. The molecule has 9 heteroatoms. The zero-order chi connectivity index (χ0) is 23.2. The first-order valence-electron chi connectivity index (χ1n) is 10.6. The molecule has 9 nitrogen and oxygen atoms in total. The molecule has 33 heavy (non-hydrogen) atoms. The average Bonchev–Trinajstić information content (AvgIpc) is 2.89. The summed E-state index contributed by atoms with van der Waals surface area (Å²) in [6, 6.07) is 16.8. The normalized spacial score (nSPS) is 13.4. The van der Waals surface area contributed by atoms with E-state index in [9.17, 15) is 4.79 Å². The molecular formula is C24H27N5O4. The number of ether oxygens (including phenoxy) is 3. The number of piperazine rings is 1. The van der Waals surface area contributed by atoms with E-state index in [-0.39, 0.29) is 6.03 Å². The van der Waals surface area contributed by atoms with Crippen molar-refractivity contribution in [3.8, 4) is 28.5 Å². The summed E-state index contributed by atoms with van der Waals surface area (Å²) < 4.78 is 15.8. The van der Waals surface area contributed by atoms with E-state index in [2.05, 4.69) is 20.4 Å². The van der Waals surface area contributed by atoms with Crippen LogP contribution in [0.3, 0.4) is 0 Å². The summed E-state index contributed by atoms with van der Waals surface area (Å²) >= 11 is 0. The Kier molecular flexibility index (Phi) is 6.77. The molecule has 4 rings (SSSR count). The number of carbonyl (C=O) groups excluding carboxylic acids is 1. The Labute approximate surface area is 192 Å². The molecule has 1 N–H and O–H groups in total. The highest BCUT2D eigenvalue weighted by atomic mass is 16.5. The van der Waals surface area contributed by atoms with Crippen molar-refractivity contribution in [1.82, 2.24) is 15.1 Å². The first-order chi connectivity index (χ1) is 16.1. The quantitative estimate of drug-likeness (QED) is 0.616. The molecule has 3 aromatic rings. The number of benzene rings is 2. The highest BCUT2D eigenvalue weighted by Gasteiger charge is 2.23. The number of rotatable bonds is 6. The molecule has 0 spiro atoms. The number of amides is 2. The summed E-state index contributed by atoms with van der Waals surface area (Å²) in [7, 11) is 4.79. The lowest BCUT2D eigenvalue weighted by atomic mass is 10.1. The maximum atomic E-state index is 12.8. The van der Waals surface area contributed by atoms with Crippen molar-refractivity contribution in [3.05, 3.63) is 54.6 Å². The van der Waals surface area contributed by atoms with Gasteiger partial charge in [-0.1, -0.05) is 0 Å². The second kappa shape index (κ2) is 10.1. The van der Waals surface area contributed by atoms with Gasteiger partial charge in [0.1, 0.15) is 17.2 Å². The summed E-state index contributed by atoms with van der Waals surface area (Å²) in [5.41, 5.74) is 2.38. The zero-order valence-electron chi connectivity index (χ0n) is 18.9. The molecule has 1 fully saturated rings. The number of methoxy groups -OCH3 is 3. The average molecular weight is 450 g/mol. The topological polar surface area (TPSA) is 89.1 Å². The third kappa shape index (κ3) is 5.08. The summed E-state index contributed by atoms with van der Waals surface area (Å²) in [4.78, 5) is 16.7. The van der Waals surface area contributed by atoms with Crippen LogP contribution in [0.1, 0.15) is 0 Å². The van der Waals surface area contributed by atoms with Crippen molar-refractivity contribution in [1.29, 1.82) is 0 Å². The van der Waals surface area contributed by atoms with Gasteiger partial charge < -0.3 is 29.3 Å². The highest BCUT2D eigenvalue weighted by Crippen LogP contribution is 2.29. The van der Waals surface area contributed by atoms with E-state index in [4.69, 9.17) is 14.2 Å². The van der Waals surface area contributed by atoms with Crippen LogP contribution in [0.15, 0.2) is 54.6 Å². The maximum Gasteiger partial charge on any atom is 0.322 e. The van der Waals surface area contributed by atoms with E-state index >= 15 is 0 Å². The Balaban J connectivity index is 1.34. The molecule has 0 radical (unpaired) electrons. The van der Waals surface area contributed by atoms with Crippen molar-refractivity contribution in [3.63, 3.8) is 0 Å². The van der Waals surface area contributed by atoms with Gasteiger partial charge in [-0.25, -0.2) is 4.79 Å². The molecule has 1 saturated heterocycles. The Morgan fingerprint density at radius 2 is 1.52 bits per heavy atom. The molecule has 0 unspecified atom stereocenters. The summed E-state index contributed by atoms with van der Waals surface area (Å²) in [5, 5.41) is 11.7. The number of anilines is 2. The van der Waals surface area contributed by atoms with Gasteiger partial charge in [0.15, 0.2) is 5.82 Å². The predicted octanol–water partition coefficient (Wildman–Crippen LogP) is 3.52. The summed E-state index contributed by atoms with van der Waals surface area (Å²) in [6.07, 6.45) is 0. The summed E-state index contributed by atoms with van der Waals surface area (Å²) in [5.74, 6) is 2.81. The first kappa shape index (κ1) is 22.2. The van der Waals surface area contributed by atoms with Crippen LogP contribution in [0.4, 0.5) is 16.3 Å². The highest BCUT2D eigenvalue weighted by molar-refractivity contribution is 5.91. The van der Waals surface area contributed by atoms with Gasteiger partial charge >= 0.3 is 6.03 Å². The number of hydrogen-bond acceptors (Lipinski definition) is 7. The lowest BCUT2D eigenvalue weighted by molar-refractivity contribution is 0.208. The van der Waals surface area contributed by atoms with Crippen LogP contribution in [0.25, 0.3) is 11.3 Å². The fourth-order valence-electron chi connectivity index (χ4n) is 3.64. The molecule has 1 aliphatic rings. The molecule has 0 saturated carbocycles. The van der Waals surface area contributed by atoms with E-state index in [1.54, 1.807) is 44.4 Å². The van der Waals surface area contributed by atoms with Crippen LogP contribution >= 0.6 is 0 Å². The van der Waals surface area contributed by atoms with Gasteiger partial charge in [0.2, 0.25) is 0 Å². The van der Waals surface area contributed by atoms with Crippen molar-refractivity contribution in [2.75, 3.05) is 57.7 Å². The van der Waals surface area contributed by atoms with Gasteiger partial charge in [0.25, 0.3) is 0 Å². The second-order valence-electron chi connectivity index (χ2n) is 7.48. The van der Waals surface area contributed by atoms with Crippen LogP contribution in [-0.2, 0) is 0 Å². The van der Waals surface area contributed by atoms with Gasteiger partial charge in [0.05, 0.1) is 32.7 Å². The van der Waals surface area contributed by atoms with Crippen molar-refractivity contribution in [2.45, 2.75) is 0 Å². The van der Waals surface area contributed by atoms with Crippen LogP contribution in [0, 0.1) is 0 Å². The first-order valence-corrected chi connectivity index (χ1v) is 10.6. The molecule has 2 heterocycles. The predicted molar refractivity (Wildman–Crippen MR) is 126 cm³/mol. The van der Waals surface area contributed by atoms with E-state index in [1.807, 2.05) is 36.4 Å². The molecule has 1 aliphatic heterocycles. The third-order valence-corrected chi connectivity index (χ3v) is 5.58. The van der Waals surface area contributed by atoms with Crippen molar-refractivity contribution in [2.24, 2.45) is 0 Å². The van der Waals surface area contributed by atoms with Crippen molar-refractivity contribution < 1.29 is 19.0 Å². The molecule has 0 aliphatic carbocycles. The Hall–Kier alpha value is -4.01. The van der Waals surface area contributed by atoms with Crippen LogP contribution < -0.4 is 24.4 Å². The van der Waals surface area contributed by atoms with E-state index in [0.29, 0.717) is 43.4 Å². The number of aromatic nitrogens is 2. The van der Waals surface area contributed by atoms with E-state index < -0.39 is 0 Å². The minimum Gasteiger partial charge on any atom is -0.497 e. The van der Waals surface area contributed by atoms with Gasteiger partial charge in [-0.2, -0.15) is 0 Å². The van der Waals surface area contributed by atoms with Gasteiger partial charge in [-0.3, -0.25) is 0 Å². The molecular weight excluding hydrogens is 422 g/mol. The van der Waals surface area contributed by atoms with Crippen molar-refractivity contribution >= 4 is 17.5 Å². The minimum absolute atomic E-state index is 0.168. The fraction of sp³-hybridized carbons (Fsp3) is 0.292. The van der Waals surface area contributed by atoms with E-state index in [0.717, 1.165) is 22.8 Å². The van der Waals surface area contributed by atoms with E-state index in [1.165, 1.54) is 0 Å². The van der Waals surface area contributed by atoms with Crippen LogP contribution in [-0.4, -0.2) is 68.6 Å². The molecule has 172 valence electrons. The fourth-order valence-corrected chi connectivity index (χ4v) is 3.64. The van der Waals surface area contributed by atoms with Gasteiger partial charge in [0, 0.05) is 37.8 Å². The smallest absolute Gasteiger partial charge is 0.322 e. The van der Waals surface area contributed by atoms with Crippen LogP contribution in [0.2, 0.25) is 0 Å². The second-order valence-corrected chi connectivity index (χ2v) is 7.48. The lowest BCUT2D eigenvalue weighted by Crippen LogP contribution is -2.50. The molecule has 2 amide bonds. The number of nitrogens with one attached hydrogen (secondary N) is 1. The van der Waals surface area contributed by atoms with Crippen LogP contribution in [0.5, 0.6) is 17.2 Å². The van der Waals surface area contributed by atoms with Gasteiger partial charge in [-0.05, 0) is 48.5 Å².